The molecule has 2 N–H and O–H groups in total. The number of hydrogen-bond donors (Lipinski definition) is 2. The van der Waals surface area contributed by atoms with E-state index >= 15 is 0 Å². The van der Waals surface area contributed by atoms with Crippen LogP contribution in [0.4, 0.5) is 13.2 Å². The van der Waals surface area contributed by atoms with Gasteiger partial charge in [0.15, 0.2) is 0 Å². The van der Waals surface area contributed by atoms with Crippen LogP contribution in [-0.2, 0) is 27.2 Å². The number of aryl methyl sites for hydroxylation is 1. The van der Waals surface area contributed by atoms with Crippen molar-refractivity contribution in [3.8, 4) is 6.07 Å². The second-order valence-corrected chi connectivity index (χ2v) is 12.8. The van der Waals surface area contributed by atoms with E-state index in [0.29, 0.717) is 12.8 Å². The van der Waals surface area contributed by atoms with Crippen LogP contribution >= 0.6 is 0 Å². The number of halogens is 3. The maximum atomic E-state index is 13.6. The minimum absolute atomic E-state index is 0.00223. The fourth-order valence-electron chi connectivity index (χ4n) is 6.39. The van der Waals surface area contributed by atoms with E-state index < -0.39 is 47.4 Å². The molecule has 39 heavy (non-hydrogen) atoms. The maximum absolute atomic E-state index is 13.6. The van der Waals surface area contributed by atoms with E-state index in [2.05, 4.69) is 16.4 Å². The number of pyridine rings is 1. The van der Waals surface area contributed by atoms with Crippen molar-refractivity contribution in [2.45, 2.75) is 84.6 Å². The Labute approximate surface area is 226 Å². The monoisotopic (exact) mass is 547 g/mol. The topological polar surface area (TPSA) is 115 Å². The van der Waals surface area contributed by atoms with Gasteiger partial charge in [0.2, 0.25) is 11.8 Å². The fourth-order valence-corrected chi connectivity index (χ4v) is 6.39. The molecule has 2 unspecified atom stereocenters. The van der Waals surface area contributed by atoms with Gasteiger partial charge in [-0.15, -0.1) is 0 Å². The number of carbonyl (C=O) groups is 3. The van der Waals surface area contributed by atoms with Gasteiger partial charge in [0.1, 0.15) is 18.1 Å². The number of amides is 3. The van der Waals surface area contributed by atoms with Gasteiger partial charge in [0, 0.05) is 18.4 Å². The average molecular weight is 548 g/mol. The van der Waals surface area contributed by atoms with Gasteiger partial charge < -0.3 is 15.5 Å². The van der Waals surface area contributed by atoms with E-state index in [0.717, 1.165) is 18.5 Å². The number of alkyl halides is 3. The van der Waals surface area contributed by atoms with Gasteiger partial charge in [-0.1, -0.05) is 40.7 Å². The largest absolute Gasteiger partial charge is 0.471 e. The summed E-state index contributed by atoms with van der Waals surface area (Å²) in [5, 5.41) is 14.5. The van der Waals surface area contributed by atoms with Gasteiger partial charge >= 0.3 is 12.1 Å². The first-order valence-corrected chi connectivity index (χ1v) is 13.4. The molecule has 0 aromatic carbocycles. The summed E-state index contributed by atoms with van der Waals surface area (Å²) in [5.74, 6) is -3.45. The summed E-state index contributed by atoms with van der Waals surface area (Å²) in [6.45, 7) is 8.86. The summed E-state index contributed by atoms with van der Waals surface area (Å²) in [6.07, 6.45) is -0.548. The van der Waals surface area contributed by atoms with Gasteiger partial charge in [-0.05, 0) is 65.9 Å². The first-order chi connectivity index (χ1) is 18.1. The molecule has 1 aromatic rings. The minimum Gasteiger partial charge on any atom is -0.339 e. The number of piperidine rings is 1. The van der Waals surface area contributed by atoms with Crippen LogP contribution < -0.4 is 10.6 Å². The van der Waals surface area contributed by atoms with E-state index in [1.54, 1.807) is 27.0 Å². The van der Waals surface area contributed by atoms with Crippen molar-refractivity contribution < 1.29 is 27.6 Å². The number of aromatic nitrogens is 1. The van der Waals surface area contributed by atoms with E-state index in [1.165, 1.54) is 10.5 Å². The second-order valence-electron chi connectivity index (χ2n) is 12.8. The lowest BCUT2D eigenvalue weighted by Gasteiger charge is -2.38. The number of carbonyl (C=O) groups excluding carboxylic acids is 3. The molecule has 11 heteroatoms. The third-order valence-electron chi connectivity index (χ3n) is 8.74. The van der Waals surface area contributed by atoms with E-state index in [1.807, 2.05) is 31.3 Å². The van der Waals surface area contributed by atoms with Crippen molar-refractivity contribution >= 4 is 17.7 Å². The van der Waals surface area contributed by atoms with Crippen LogP contribution in [0.3, 0.4) is 0 Å². The van der Waals surface area contributed by atoms with Crippen LogP contribution in [-0.4, -0.2) is 58.5 Å². The van der Waals surface area contributed by atoms with E-state index in [9.17, 15) is 32.8 Å². The Kier molecular flexibility index (Phi) is 7.47. The van der Waals surface area contributed by atoms with Crippen LogP contribution in [0.1, 0.15) is 58.7 Å². The lowest BCUT2D eigenvalue weighted by atomic mass is 9.83. The highest BCUT2D eigenvalue weighted by Crippen LogP contribution is 2.65. The molecule has 2 heterocycles. The van der Waals surface area contributed by atoms with E-state index in [4.69, 9.17) is 0 Å². The fraction of sp³-hybridized carbons (Fsp3) is 0.679. The van der Waals surface area contributed by atoms with Crippen molar-refractivity contribution in [1.29, 1.82) is 5.26 Å². The molecule has 4 rings (SSSR count). The van der Waals surface area contributed by atoms with Crippen LogP contribution in [0.5, 0.6) is 0 Å². The minimum atomic E-state index is -5.15. The molecular formula is C28H36F3N5O3. The SMILES string of the molecule is CC(C)(C)[C@H](NC(=O)C(F)(F)F)C(=O)N1C[C@H]2[C@@H]([C@H]1C(=O)NC(C#N)CC1CCc3cccnc3C1)C2(C)C. The molecule has 3 aliphatic rings. The number of nitrogens with zero attached hydrogens (tertiary/aromatic N) is 3. The summed E-state index contributed by atoms with van der Waals surface area (Å²) in [6, 6.07) is 2.92. The summed E-state index contributed by atoms with van der Waals surface area (Å²) in [7, 11) is 0. The van der Waals surface area contributed by atoms with Crippen LogP contribution in [0.15, 0.2) is 18.3 Å². The second kappa shape index (κ2) is 10.1. The molecule has 0 spiro atoms. The molecule has 1 saturated carbocycles. The smallest absolute Gasteiger partial charge is 0.339 e. The Balaban J connectivity index is 1.49. The number of nitriles is 1. The Bertz CT molecular complexity index is 1190. The molecule has 2 fully saturated rings. The Morgan fingerprint density at radius 3 is 2.54 bits per heavy atom. The van der Waals surface area contributed by atoms with Crippen molar-refractivity contribution in [2.75, 3.05) is 6.54 Å². The molecule has 6 atom stereocenters. The van der Waals surface area contributed by atoms with Crippen LogP contribution in [0, 0.1) is 39.9 Å². The number of likely N-dealkylation sites (tertiary alicyclic amines) is 1. The molecule has 0 bridgehead atoms. The summed E-state index contributed by atoms with van der Waals surface area (Å²) in [5.41, 5.74) is 0.925. The zero-order chi connectivity index (χ0) is 28.9. The summed E-state index contributed by atoms with van der Waals surface area (Å²) >= 11 is 0. The third kappa shape index (κ3) is 5.75. The van der Waals surface area contributed by atoms with Gasteiger partial charge in [-0.25, -0.2) is 0 Å². The quantitative estimate of drug-likeness (QED) is 0.568. The van der Waals surface area contributed by atoms with Gasteiger partial charge in [-0.3, -0.25) is 19.4 Å². The van der Waals surface area contributed by atoms with E-state index in [-0.39, 0.29) is 29.7 Å². The number of fused-ring (bicyclic) bond motifs is 2. The highest BCUT2D eigenvalue weighted by molar-refractivity contribution is 5.95. The highest BCUT2D eigenvalue weighted by atomic mass is 19.4. The van der Waals surface area contributed by atoms with Gasteiger partial charge in [0.05, 0.1) is 6.07 Å². The lowest BCUT2D eigenvalue weighted by molar-refractivity contribution is -0.176. The standard InChI is InChI=1S/C28H36F3N5O3/c1-26(2,3)22(35-25(39)28(29,30)31)24(38)36-14-18-20(27(18,4)5)21(36)23(37)34-17(13-32)11-15-8-9-16-7-6-10-33-19(16)12-15/h6-7,10,15,17-18,20-22H,8-9,11-12,14H2,1-5H3,(H,34,37)(H,35,39)/t15?,17?,18-,20-,21-,22+/m0/s1. The van der Waals surface area contributed by atoms with Crippen LogP contribution in [0.25, 0.3) is 0 Å². The Morgan fingerprint density at radius 1 is 1.23 bits per heavy atom. The number of nitrogens with one attached hydrogen (secondary N) is 2. The van der Waals surface area contributed by atoms with Gasteiger partial charge in [-0.2, -0.15) is 18.4 Å². The molecule has 8 nitrogen and oxygen atoms in total. The highest BCUT2D eigenvalue weighted by Gasteiger charge is 2.70. The zero-order valence-corrected chi connectivity index (χ0v) is 22.9. The first kappa shape index (κ1) is 28.8. The molecule has 1 aliphatic heterocycles. The number of hydrogen-bond acceptors (Lipinski definition) is 5. The van der Waals surface area contributed by atoms with Crippen LogP contribution in [0.2, 0.25) is 0 Å². The molecule has 212 valence electrons. The predicted octanol–water partition coefficient (Wildman–Crippen LogP) is 3.16. The molecule has 1 aromatic heterocycles. The average Bonchev–Trinajstić information content (AvgIpc) is 3.17. The van der Waals surface area contributed by atoms with Crippen molar-refractivity contribution in [3.05, 3.63) is 29.6 Å². The molecule has 0 radical (unpaired) electrons. The molecule has 1 saturated heterocycles. The van der Waals surface area contributed by atoms with Crippen molar-refractivity contribution in [3.63, 3.8) is 0 Å². The molecular weight excluding hydrogens is 511 g/mol. The first-order valence-electron chi connectivity index (χ1n) is 13.4. The summed E-state index contributed by atoms with van der Waals surface area (Å²) < 4.78 is 39.1. The third-order valence-corrected chi connectivity index (χ3v) is 8.74. The zero-order valence-electron chi connectivity index (χ0n) is 22.9. The molecule has 2 aliphatic carbocycles. The normalized spacial score (nSPS) is 26.9. The van der Waals surface area contributed by atoms with Crippen molar-refractivity contribution in [2.24, 2.45) is 28.6 Å². The predicted molar refractivity (Wildman–Crippen MR) is 136 cm³/mol. The maximum Gasteiger partial charge on any atom is 0.471 e. The van der Waals surface area contributed by atoms with Crippen molar-refractivity contribution in [1.82, 2.24) is 20.5 Å². The Morgan fingerprint density at radius 2 is 1.92 bits per heavy atom. The Hall–Kier alpha value is -3.16. The molecule has 3 amide bonds. The van der Waals surface area contributed by atoms with Gasteiger partial charge in [0.25, 0.3) is 0 Å². The lowest BCUT2D eigenvalue weighted by Crippen LogP contribution is -2.61. The number of rotatable bonds is 6. The summed E-state index contributed by atoms with van der Waals surface area (Å²) in [4.78, 5) is 44.7.